The lowest BCUT2D eigenvalue weighted by molar-refractivity contribution is 0.219. The summed E-state index contributed by atoms with van der Waals surface area (Å²) in [5.41, 5.74) is 3.55. The second-order valence-corrected chi connectivity index (χ2v) is 7.66. The zero-order chi connectivity index (χ0) is 19.2. The van der Waals surface area contributed by atoms with Crippen molar-refractivity contribution < 1.29 is 9.53 Å². The lowest BCUT2D eigenvalue weighted by Gasteiger charge is -2.28. The van der Waals surface area contributed by atoms with Crippen LogP contribution in [0.4, 0.5) is 4.79 Å². The van der Waals surface area contributed by atoms with Crippen molar-refractivity contribution in [2.45, 2.75) is 44.8 Å². The number of benzene rings is 2. The fourth-order valence-electron chi connectivity index (χ4n) is 4.12. The van der Waals surface area contributed by atoms with Crippen LogP contribution in [-0.2, 0) is 13.1 Å². The molecule has 1 saturated heterocycles. The summed E-state index contributed by atoms with van der Waals surface area (Å²) in [4.78, 5) is 15.0. The average Bonchev–Trinajstić information content (AvgIpc) is 2.74. The molecule has 0 aliphatic carbocycles. The summed E-state index contributed by atoms with van der Waals surface area (Å²) >= 11 is 0. The molecule has 0 radical (unpaired) electrons. The Morgan fingerprint density at radius 2 is 1.75 bits per heavy atom. The minimum atomic E-state index is -0.130. The van der Waals surface area contributed by atoms with Crippen molar-refractivity contribution in [3.8, 4) is 5.75 Å². The molecule has 5 heteroatoms. The van der Waals surface area contributed by atoms with E-state index in [9.17, 15) is 4.79 Å². The van der Waals surface area contributed by atoms with Gasteiger partial charge in [-0.3, -0.25) is 4.90 Å². The molecule has 0 bridgehead atoms. The van der Waals surface area contributed by atoms with E-state index in [4.69, 9.17) is 4.74 Å². The number of para-hydroxylation sites is 1. The molecule has 2 aliphatic heterocycles. The molecule has 1 unspecified atom stereocenters. The Morgan fingerprint density at radius 3 is 2.61 bits per heavy atom. The number of urea groups is 1. The van der Waals surface area contributed by atoms with Crippen LogP contribution in [0.25, 0.3) is 0 Å². The van der Waals surface area contributed by atoms with Crippen molar-refractivity contribution in [3.05, 3.63) is 65.2 Å². The maximum Gasteiger partial charge on any atom is 0.315 e. The van der Waals surface area contributed by atoms with E-state index in [1.165, 1.54) is 43.5 Å². The summed E-state index contributed by atoms with van der Waals surface area (Å²) < 4.78 is 5.68. The normalized spacial score (nSPS) is 19.4. The van der Waals surface area contributed by atoms with E-state index in [1.807, 2.05) is 30.3 Å². The van der Waals surface area contributed by atoms with Crippen LogP contribution < -0.4 is 15.4 Å². The van der Waals surface area contributed by atoms with Gasteiger partial charge in [-0.15, -0.1) is 0 Å². The van der Waals surface area contributed by atoms with Crippen molar-refractivity contribution in [1.82, 2.24) is 15.5 Å². The molecule has 2 aliphatic rings. The number of rotatable bonds is 5. The third kappa shape index (κ3) is 4.65. The first-order valence-corrected chi connectivity index (χ1v) is 10.3. The summed E-state index contributed by atoms with van der Waals surface area (Å²) in [6.07, 6.45) is 4.70. The molecule has 0 aromatic heterocycles. The van der Waals surface area contributed by atoms with Crippen LogP contribution in [0.5, 0.6) is 5.75 Å². The number of carbonyl (C=O) groups is 1. The maximum absolute atomic E-state index is 12.5. The van der Waals surface area contributed by atoms with Crippen molar-refractivity contribution in [1.29, 1.82) is 0 Å². The Balaban J connectivity index is 1.34. The maximum atomic E-state index is 12.5. The zero-order valence-corrected chi connectivity index (χ0v) is 16.3. The molecular formula is C23H29N3O2. The highest BCUT2D eigenvalue weighted by Gasteiger charge is 2.22. The summed E-state index contributed by atoms with van der Waals surface area (Å²) in [6, 6.07) is 16.2. The average molecular weight is 380 g/mol. The summed E-state index contributed by atoms with van der Waals surface area (Å²) in [5.74, 6) is 0.867. The van der Waals surface area contributed by atoms with Gasteiger partial charge in [0.15, 0.2) is 0 Å². The van der Waals surface area contributed by atoms with Crippen molar-refractivity contribution >= 4 is 6.03 Å². The van der Waals surface area contributed by atoms with E-state index < -0.39 is 0 Å². The standard InChI is InChI=1S/C23H29N3O2/c27-23(25-21-12-15-28-22-11-5-4-10-20(21)22)24-16-18-8-2-3-9-19(18)17-26-13-6-1-7-14-26/h2-5,8-11,21H,1,6-7,12-17H2,(H2,24,25,27). The topological polar surface area (TPSA) is 53.6 Å². The SMILES string of the molecule is O=C(NCc1ccccc1CN1CCCCC1)NC1CCOc2ccccc21. The van der Waals surface area contributed by atoms with Gasteiger partial charge in [-0.2, -0.15) is 0 Å². The largest absolute Gasteiger partial charge is 0.493 e. The van der Waals surface area contributed by atoms with Gasteiger partial charge in [-0.1, -0.05) is 48.9 Å². The minimum absolute atomic E-state index is 0.00598. The molecule has 0 spiro atoms. The zero-order valence-electron chi connectivity index (χ0n) is 16.3. The van der Waals surface area contributed by atoms with Gasteiger partial charge in [-0.05, 0) is 43.1 Å². The highest BCUT2D eigenvalue weighted by atomic mass is 16.5. The fraction of sp³-hybridized carbons (Fsp3) is 0.435. The van der Waals surface area contributed by atoms with E-state index in [2.05, 4.69) is 33.7 Å². The molecule has 2 aromatic rings. The Kier molecular flexibility index (Phi) is 6.12. The van der Waals surface area contributed by atoms with Gasteiger partial charge in [0.05, 0.1) is 12.6 Å². The number of likely N-dealkylation sites (tertiary alicyclic amines) is 1. The number of amides is 2. The Labute approximate surface area is 167 Å². The minimum Gasteiger partial charge on any atom is -0.493 e. The predicted octanol–water partition coefficient (Wildman–Crippen LogP) is 4.00. The van der Waals surface area contributed by atoms with Crippen LogP contribution in [0.15, 0.2) is 48.5 Å². The van der Waals surface area contributed by atoms with Gasteiger partial charge in [0.1, 0.15) is 5.75 Å². The van der Waals surface area contributed by atoms with Gasteiger partial charge in [0.25, 0.3) is 0 Å². The molecule has 0 saturated carbocycles. The number of hydrogen-bond donors (Lipinski definition) is 2. The predicted molar refractivity (Wildman–Crippen MR) is 110 cm³/mol. The lowest BCUT2D eigenvalue weighted by atomic mass is 10.0. The van der Waals surface area contributed by atoms with Crippen molar-refractivity contribution in [2.75, 3.05) is 19.7 Å². The Bertz CT molecular complexity index is 802. The molecule has 2 N–H and O–H groups in total. The van der Waals surface area contributed by atoms with E-state index >= 15 is 0 Å². The first-order chi connectivity index (χ1) is 13.8. The van der Waals surface area contributed by atoms with Gasteiger partial charge in [0, 0.05) is 25.1 Å². The quantitative estimate of drug-likeness (QED) is 0.826. The number of hydrogen-bond acceptors (Lipinski definition) is 3. The molecule has 28 heavy (non-hydrogen) atoms. The van der Waals surface area contributed by atoms with Crippen molar-refractivity contribution in [3.63, 3.8) is 0 Å². The van der Waals surface area contributed by atoms with Crippen molar-refractivity contribution in [2.24, 2.45) is 0 Å². The molecular weight excluding hydrogens is 350 g/mol. The molecule has 148 valence electrons. The van der Waals surface area contributed by atoms with Crippen LogP contribution in [0.3, 0.4) is 0 Å². The number of piperidine rings is 1. The highest BCUT2D eigenvalue weighted by molar-refractivity contribution is 5.74. The van der Waals surface area contributed by atoms with Crippen LogP contribution >= 0.6 is 0 Å². The fourth-order valence-corrected chi connectivity index (χ4v) is 4.12. The molecule has 5 nitrogen and oxygen atoms in total. The van der Waals surface area contributed by atoms with Gasteiger partial charge < -0.3 is 15.4 Å². The first kappa shape index (κ1) is 18.8. The first-order valence-electron chi connectivity index (χ1n) is 10.3. The van der Waals surface area contributed by atoms with E-state index in [0.717, 1.165) is 24.3 Å². The molecule has 4 rings (SSSR count). The van der Waals surface area contributed by atoms with E-state index in [1.54, 1.807) is 0 Å². The molecule has 1 atom stereocenters. The van der Waals surface area contributed by atoms with Gasteiger partial charge in [-0.25, -0.2) is 4.79 Å². The Hall–Kier alpha value is -2.53. The number of ether oxygens (including phenoxy) is 1. The third-order valence-corrected chi connectivity index (χ3v) is 5.66. The van der Waals surface area contributed by atoms with Crippen LogP contribution in [0.2, 0.25) is 0 Å². The highest BCUT2D eigenvalue weighted by Crippen LogP contribution is 2.31. The second-order valence-electron chi connectivity index (χ2n) is 7.66. The van der Waals surface area contributed by atoms with Crippen LogP contribution in [0.1, 0.15) is 48.4 Å². The lowest BCUT2D eigenvalue weighted by Crippen LogP contribution is -2.39. The van der Waals surface area contributed by atoms with E-state index in [-0.39, 0.29) is 12.1 Å². The number of nitrogens with one attached hydrogen (secondary N) is 2. The number of fused-ring (bicyclic) bond motifs is 1. The summed E-state index contributed by atoms with van der Waals surface area (Å²) in [7, 11) is 0. The number of nitrogens with zero attached hydrogens (tertiary/aromatic N) is 1. The van der Waals surface area contributed by atoms with Crippen LogP contribution in [0, 0.1) is 0 Å². The smallest absolute Gasteiger partial charge is 0.315 e. The van der Waals surface area contributed by atoms with Gasteiger partial charge >= 0.3 is 6.03 Å². The molecule has 2 heterocycles. The summed E-state index contributed by atoms with van der Waals surface area (Å²) in [5, 5.41) is 6.15. The Morgan fingerprint density at radius 1 is 1.00 bits per heavy atom. The van der Waals surface area contributed by atoms with Gasteiger partial charge in [0.2, 0.25) is 0 Å². The number of carbonyl (C=O) groups excluding carboxylic acids is 1. The summed E-state index contributed by atoms with van der Waals surface area (Å²) in [6.45, 7) is 4.48. The monoisotopic (exact) mass is 379 g/mol. The third-order valence-electron chi connectivity index (χ3n) is 5.66. The molecule has 2 amide bonds. The van der Waals surface area contributed by atoms with Crippen LogP contribution in [-0.4, -0.2) is 30.6 Å². The van der Waals surface area contributed by atoms with E-state index in [0.29, 0.717) is 13.2 Å². The second kappa shape index (κ2) is 9.11. The molecule has 1 fully saturated rings. The molecule has 2 aromatic carbocycles.